The van der Waals surface area contributed by atoms with Crippen LogP contribution >= 0.6 is 0 Å². The van der Waals surface area contributed by atoms with E-state index in [1.165, 1.54) is 173 Å². The van der Waals surface area contributed by atoms with Crippen molar-refractivity contribution in [2.45, 2.75) is 302 Å². The highest BCUT2D eigenvalue weighted by Crippen LogP contribution is 2.16. The first kappa shape index (κ1) is 64.6. The number of nitrogens with one attached hydrogen (secondary N) is 1. The third-order valence-electron chi connectivity index (χ3n) is 13.0. The van der Waals surface area contributed by atoms with E-state index < -0.39 is 12.1 Å². The van der Waals surface area contributed by atoms with Crippen molar-refractivity contribution in [2.24, 2.45) is 0 Å². The Morgan fingerprint density at radius 1 is 0.433 bits per heavy atom. The van der Waals surface area contributed by atoms with Crippen molar-refractivity contribution in [3.05, 3.63) is 60.8 Å². The van der Waals surface area contributed by atoms with Crippen LogP contribution < -0.4 is 5.32 Å². The molecular weight excluding hydrogens is 827 g/mol. The second kappa shape index (κ2) is 56.2. The minimum absolute atomic E-state index is 0.0380. The summed E-state index contributed by atoms with van der Waals surface area (Å²) in [7, 11) is 0. The average Bonchev–Trinajstić information content (AvgIpc) is 3.33. The smallest absolute Gasteiger partial charge is 0.305 e. The lowest BCUT2D eigenvalue weighted by molar-refractivity contribution is -0.143. The number of carbonyl (C=O) groups is 2. The Kier molecular flexibility index (Phi) is 54.1. The monoisotopic (exact) mass is 938 g/mol. The predicted octanol–water partition coefficient (Wildman–Crippen LogP) is 18.0. The predicted molar refractivity (Wildman–Crippen MR) is 292 cm³/mol. The van der Waals surface area contributed by atoms with Gasteiger partial charge in [0.25, 0.3) is 0 Å². The van der Waals surface area contributed by atoms with Crippen molar-refractivity contribution < 1.29 is 24.5 Å². The molecule has 0 heterocycles. The topological polar surface area (TPSA) is 95.9 Å². The number of esters is 1. The number of hydrogen-bond acceptors (Lipinski definition) is 5. The van der Waals surface area contributed by atoms with Crippen LogP contribution in [0.15, 0.2) is 60.8 Å². The maximum absolute atomic E-state index is 12.5. The number of hydrogen-bond donors (Lipinski definition) is 3. The maximum Gasteiger partial charge on any atom is 0.305 e. The third kappa shape index (κ3) is 52.8. The van der Waals surface area contributed by atoms with Crippen molar-refractivity contribution in [2.75, 3.05) is 13.2 Å². The first-order valence-electron chi connectivity index (χ1n) is 29.1. The summed E-state index contributed by atoms with van der Waals surface area (Å²) in [4.78, 5) is 24.5. The van der Waals surface area contributed by atoms with E-state index in [9.17, 15) is 19.8 Å². The van der Waals surface area contributed by atoms with Gasteiger partial charge in [0.15, 0.2) is 0 Å². The molecule has 390 valence electrons. The zero-order valence-electron chi connectivity index (χ0n) is 44.4. The van der Waals surface area contributed by atoms with Gasteiger partial charge in [-0.2, -0.15) is 0 Å². The molecule has 6 nitrogen and oxygen atoms in total. The first-order chi connectivity index (χ1) is 33.0. The van der Waals surface area contributed by atoms with Gasteiger partial charge in [-0.25, -0.2) is 0 Å². The van der Waals surface area contributed by atoms with Crippen molar-refractivity contribution in [1.29, 1.82) is 0 Å². The summed E-state index contributed by atoms with van der Waals surface area (Å²) in [6.07, 6.45) is 72.4. The molecule has 2 atom stereocenters. The Labute approximate surface area is 416 Å². The zero-order chi connectivity index (χ0) is 48.6. The van der Waals surface area contributed by atoms with Crippen molar-refractivity contribution in [3.8, 4) is 0 Å². The number of rotatable bonds is 53. The van der Waals surface area contributed by atoms with E-state index >= 15 is 0 Å². The molecule has 0 aromatic rings. The fourth-order valence-electron chi connectivity index (χ4n) is 8.52. The van der Waals surface area contributed by atoms with Crippen LogP contribution in [0.4, 0.5) is 0 Å². The van der Waals surface area contributed by atoms with Gasteiger partial charge >= 0.3 is 5.97 Å². The van der Waals surface area contributed by atoms with Crippen LogP contribution in [0.5, 0.6) is 0 Å². The standard InChI is InChI=1S/C61H111NO5/c1-3-5-7-9-11-13-15-17-19-20-21-22-23-24-26-29-33-37-41-45-49-53-59(64)58(57-63)62-60(65)54-50-46-42-38-34-30-27-25-28-32-36-40-44-48-52-56-67-61(66)55-51-47-43-39-35-31-18-16-14-12-10-8-6-4-2/h10,12,16,18,25,28,32,36,49,53,58-59,63-64H,3-9,11,13-15,17,19-24,26-27,29-31,33-35,37-48,50-52,54-57H2,1-2H3,(H,62,65)/b12-10-,18-16-,28-25-,36-32-,53-49+. The molecule has 0 aliphatic rings. The minimum Gasteiger partial charge on any atom is -0.466 e. The number of allylic oxidation sites excluding steroid dienone is 9. The fraction of sp³-hybridized carbons (Fsp3) is 0.803. The van der Waals surface area contributed by atoms with Gasteiger partial charge in [0, 0.05) is 12.8 Å². The first-order valence-corrected chi connectivity index (χ1v) is 29.1. The van der Waals surface area contributed by atoms with E-state index in [4.69, 9.17) is 4.74 Å². The van der Waals surface area contributed by atoms with Crippen LogP contribution in [0.3, 0.4) is 0 Å². The van der Waals surface area contributed by atoms with Crippen LogP contribution in [0.25, 0.3) is 0 Å². The van der Waals surface area contributed by atoms with E-state index in [1.54, 1.807) is 6.08 Å². The third-order valence-corrected chi connectivity index (χ3v) is 13.0. The highest BCUT2D eigenvalue weighted by molar-refractivity contribution is 5.76. The van der Waals surface area contributed by atoms with E-state index in [2.05, 4.69) is 67.8 Å². The van der Waals surface area contributed by atoms with Gasteiger partial charge in [0.2, 0.25) is 5.91 Å². The SMILES string of the molecule is CCCC/C=C\C/C=C\CCCCCCCC(=O)OCCCCC/C=C\C=C/CCCCCCCCC(=O)NC(CO)C(O)/C=C/CCCCCCCCCCCCCCCCCCCCC. The molecule has 0 aromatic carbocycles. The lowest BCUT2D eigenvalue weighted by Gasteiger charge is -2.20. The summed E-state index contributed by atoms with van der Waals surface area (Å²) in [5.74, 6) is -0.128. The molecule has 0 radical (unpaired) electrons. The quantitative estimate of drug-likeness (QED) is 0.0244. The Hall–Kier alpha value is -2.44. The molecule has 6 heteroatoms. The normalized spacial score (nSPS) is 13.1. The second-order valence-electron chi connectivity index (χ2n) is 19.6. The fourth-order valence-corrected chi connectivity index (χ4v) is 8.52. The summed E-state index contributed by atoms with van der Waals surface area (Å²) in [6.45, 7) is 4.80. The molecular formula is C61H111NO5. The van der Waals surface area contributed by atoms with Crippen molar-refractivity contribution in [1.82, 2.24) is 5.32 Å². The second-order valence-corrected chi connectivity index (χ2v) is 19.6. The summed E-state index contributed by atoms with van der Waals surface area (Å²) in [5.41, 5.74) is 0. The van der Waals surface area contributed by atoms with Crippen LogP contribution in [-0.4, -0.2) is 47.4 Å². The molecule has 0 aliphatic heterocycles. The van der Waals surface area contributed by atoms with Gasteiger partial charge in [-0.3, -0.25) is 9.59 Å². The number of amides is 1. The lowest BCUT2D eigenvalue weighted by atomic mass is 10.0. The van der Waals surface area contributed by atoms with Gasteiger partial charge in [0.1, 0.15) is 0 Å². The molecule has 0 rings (SSSR count). The minimum atomic E-state index is -0.862. The molecule has 0 fully saturated rings. The molecule has 0 aliphatic carbocycles. The Bertz CT molecular complexity index is 1170. The molecule has 0 spiro atoms. The highest BCUT2D eigenvalue weighted by Gasteiger charge is 2.18. The summed E-state index contributed by atoms with van der Waals surface area (Å²) >= 11 is 0. The van der Waals surface area contributed by atoms with Crippen LogP contribution in [0, 0.1) is 0 Å². The van der Waals surface area contributed by atoms with Gasteiger partial charge < -0.3 is 20.3 Å². The molecule has 0 saturated heterocycles. The van der Waals surface area contributed by atoms with Gasteiger partial charge in [-0.15, -0.1) is 0 Å². The van der Waals surface area contributed by atoms with Crippen LogP contribution in [0.2, 0.25) is 0 Å². The van der Waals surface area contributed by atoms with E-state index in [0.29, 0.717) is 19.4 Å². The molecule has 1 amide bonds. The largest absolute Gasteiger partial charge is 0.466 e. The van der Waals surface area contributed by atoms with E-state index in [1.807, 2.05) is 6.08 Å². The van der Waals surface area contributed by atoms with Gasteiger partial charge in [-0.1, -0.05) is 248 Å². The Morgan fingerprint density at radius 2 is 0.806 bits per heavy atom. The molecule has 3 N–H and O–H groups in total. The zero-order valence-corrected chi connectivity index (χ0v) is 44.4. The number of aliphatic hydroxyl groups excluding tert-OH is 2. The molecule has 67 heavy (non-hydrogen) atoms. The Morgan fingerprint density at radius 3 is 1.27 bits per heavy atom. The molecule has 0 aromatic heterocycles. The molecule has 0 bridgehead atoms. The maximum atomic E-state index is 12.5. The molecule has 2 unspecified atom stereocenters. The Balaban J connectivity index is 3.57. The van der Waals surface area contributed by atoms with Crippen LogP contribution in [0.1, 0.15) is 290 Å². The van der Waals surface area contributed by atoms with Gasteiger partial charge in [-0.05, 0) is 89.9 Å². The molecule has 0 saturated carbocycles. The number of ether oxygens (including phenoxy) is 1. The average molecular weight is 939 g/mol. The highest BCUT2D eigenvalue weighted by atomic mass is 16.5. The summed E-state index contributed by atoms with van der Waals surface area (Å²) in [5, 5.41) is 23.2. The van der Waals surface area contributed by atoms with E-state index in [-0.39, 0.29) is 18.5 Å². The summed E-state index contributed by atoms with van der Waals surface area (Å²) in [6, 6.07) is -0.647. The van der Waals surface area contributed by atoms with Crippen molar-refractivity contribution >= 4 is 11.9 Å². The van der Waals surface area contributed by atoms with Gasteiger partial charge in [0.05, 0.1) is 25.4 Å². The number of carbonyl (C=O) groups excluding carboxylic acids is 2. The number of unbranched alkanes of at least 4 members (excludes halogenated alkanes) is 35. The number of aliphatic hydroxyl groups is 2. The van der Waals surface area contributed by atoms with Crippen LogP contribution in [-0.2, 0) is 14.3 Å². The van der Waals surface area contributed by atoms with Crippen molar-refractivity contribution in [3.63, 3.8) is 0 Å². The lowest BCUT2D eigenvalue weighted by Crippen LogP contribution is -2.45. The summed E-state index contributed by atoms with van der Waals surface area (Å²) < 4.78 is 5.43. The van der Waals surface area contributed by atoms with E-state index in [0.717, 1.165) is 89.9 Å².